The first-order chi connectivity index (χ1) is 10.1. The van der Waals surface area contributed by atoms with Gasteiger partial charge in [-0.05, 0) is 42.2 Å². The second kappa shape index (κ2) is 7.34. The van der Waals surface area contributed by atoms with Gasteiger partial charge in [-0.2, -0.15) is 0 Å². The van der Waals surface area contributed by atoms with Crippen LogP contribution >= 0.6 is 0 Å². The summed E-state index contributed by atoms with van der Waals surface area (Å²) in [7, 11) is 1.70. The summed E-state index contributed by atoms with van der Waals surface area (Å²) in [6, 6.07) is 13.7. The molecule has 2 aromatic carbocycles. The van der Waals surface area contributed by atoms with Crippen molar-refractivity contribution in [1.82, 2.24) is 5.32 Å². The number of hydrogen-bond acceptors (Lipinski definition) is 2. The van der Waals surface area contributed by atoms with E-state index in [0.717, 1.165) is 12.1 Å². The van der Waals surface area contributed by atoms with Crippen LogP contribution in [0.25, 0.3) is 0 Å². The molecule has 0 radical (unpaired) electrons. The van der Waals surface area contributed by atoms with Crippen LogP contribution in [0.3, 0.4) is 0 Å². The van der Waals surface area contributed by atoms with Crippen molar-refractivity contribution in [2.45, 2.75) is 33.0 Å². The van der Waals surface area contributed by atoms with E-state index in [0.29, 0.717) is 12.2 Å². The van der Waals surface area contributed by atoms with E-state index in [4.69, 9.17) is 4.74 Å². The maximum Gasteiger partial charge on any atom is 0.126 e. The summed E-state index contributed by atoms with van der Waals surface area (Å²) in [5, 5.41) is 3.44. The smallest absolute Gasteiger partial charge is 0.126 e. The summed E-state index contributed by atoms with van der Waals surface area (Å²) < 4.78 is 18.8. The Morgan fingerprint density at radius 1 is 1.14 bits per heavy atom. The molecule has 1 N–H and O–H groups in total. The molecular weight excluding hydrogens is 265 g/mol. The zero-order valence-electron chi connectivity index (χ0n) is 12.8. The van der Waals surface area contributed by atoms with E-state index < -0.39 is 0 Å². The van der Waals surface area contributed by atoms with Crippen molar-refractivity contribution in [2.24, 2.45) is 0 Å². The van der Waals surface area contributed by atoms with E-state index in [1.165, 1.54) is 11.1 Å². The fraction of sp³-hybridized carbons (Fsp3) is 0.333. The average molecular weight is 287 g/mol. The van der Waals surface area contributed by atoms with Crippen LogP contribution in [-0.2, 0) is 17.9 Å². The summed E-state index contributed by atoms with van der Waals surface area (Å²) >= 11 is 0. The van der Waals surface area contributed by atoms with Crippen LogP contribution in [0, 0.1) is 12.7 Å². The topological polar surface area (TPSA) is 21.3 Å². The highest BCUT2D eigenvalue weighted by Gasteiger charge is 2.08. The van der Waals surface area contributed by atoms with Crippen molar-refractivity contribution in [1.29, 1.82) is 0 Å². The third-order valence-electron chi connectivity index (χ3n) is 3.71. The molecule has 0 spiro atoms. The number of rotatable bonds is 6. The lowest BCUT2D eigenvalue weighted by Gasteiger charge is -2.16. The Morgan fingerprint density at radius 3 is 2.52 bits per heavy atom. The number of ether oxygens (including phenoxy) is 1. The zero-order valence-corrected chi connectivity index (χ0v) is 12.8. The molecular formula is C18H22FNO. The van der Waals surface area contributed by atoms with Gasteiger partial charge in [0.15, 0.2) is 0 Å². The fourth-order valence-corrected chi connectivity index (χ4v) is 2.29. The van der Waals surface area contributed by atoms with E-state index in [-0.39, 0.29) is 11.9 Å². The summed E-state index contributed by atoms with van der Waals surface area (Å²) in [6.45, 7) is 5.16. The Morgan fingerprint density at radius 2 is 1.86 bits per heavy atom. The molecule has 0 aliphatic heterocycles. The lowest BCUT2D eigenvalue weighted by atomic mass is 10.0. The predicted molar refractivity (Wildman–Crippen MR) is 83.5 cm³/mol. The number of aryl methyl sites for hydroxylation is 1. The molecule has 0 fully saturated rings. The number of methoxy groups -OCH3 is 1. The van der Waals surface area contributed by atoms with Gasteiger partial charge in [-0.3, -0.25) is 0 Å². The average Bonchev–Trinajstić information content (AvgIpc) is 2.49. The van der Waals surface area contributed by atoms with Crippen LogP contribution in [0.15, 0.2) is 42.5 Å². The number of halogens is 1. The van der Waals surface area contributed by atoms with E-state index >= 15 is 0 Å². The van der Waals surface area contributed by atoms with Gasteiger partial charge < -0.3 is 10.1 Å². The fourth-order valence-electron chi connectivity index (χ4n) is 2.29. The molecule has 3 heteroatoms. The quantitative estimate of drug-likeness (QED) is 0.862. The third-order valence-corrected chi connectivity index (χ3v) is 3.71. The number of nitrogens with one attached hydrogen (secondary N) is 1. The van der Waals surface area contributed by atoms with Crippen molar-refractivity contribution in [3.8, 4) is 0 Å². The molecule has 0 amide bonds. The van der Waals surface area contributed by atoms with Gasteiger partial charge in [-0.25, -0.2) is 4.39 Å². The van der Waals surface area contributed by atoms with E-state index in [1.54, 1.807) is 20.1 Å². The molecule has 0 saturated heterocycles. The zero-order chi connectivity index (χ0) is 15.2. The molecule has 1 atom stereocenters. The molecule has 112 valence electrons. The molecule has 0 saturated carbocycles. The van der Waals surface area contributed by atoms with Gasteiger partial charge in [0.25, 0.3) is 0 Å². The molecule has 0 aliphatic carbocycles. The Labute approximate surface area is 126 Å². The normalized spacial score (nSPS) is 12.4. The van der Waals surface area contributed by atoms with E-state index in [2.05, 4.69) is 17.4 Å². The van der Waals surface area contributed by atoms with Gasteiger partial charge in [0.1, 0.15) is 5.82 Å². The molecule has 21 heavy (non-hydrogen) atoms. The van der Waals surface area contributed by atoms with Crippen LogP contribution in [0.2, 0.25) is 0 Å². The maximum atomic E-state index is 13.6. The molecule has 1 unspecified atom stereocenters. The second-order valence-corrected chi connectivity index (χ2v) is 5.31. The van der Waals surface area contributed by atoms with Crippen LogP contribution < -0.4 is 5.32 Å². The lowest BCUT2D eigenvalue weighted by molar-refractivity contribution is 0.184. The molecule has 0 aromatic heterocycles. The first-order valence-corrected chi connectivity index (χ1v) is 7.17. The summed E-state index contributed by atoms with van der Waals surface area (Å²) in [6.07, 6.45) is 0. The highest BCUT2D eigenvalue weighted by Crippen LogP contribution is 2.18. The van der Waals surface area contributed by atoms with Gasteiger partial charge in [-0.15, -0.1) is 0 Å². The van der Waals surface area contributed by atoms with Crippen LogP contribution in [-0.4, -0.2) is 7.11 Å². The van der Waals surface area contributed by atoms with Crippen molar-refractivity contribution < 1.29 is 9.13 Å². The van der Waals surface area contributed by atoms with Crippen molar-refractivity contribution in [3.63, 3.8) is 0 Å². The molecule has 2 nitrogen and oxygen atoms in total. The Bertz CT molecular complexity index is 598. The van der Waals surface area contributed by atoms with Crippen LogP contribution in [0.1, 0.15) is 35.2 Å². The summed E-state index contributed by atoms with van der Waals surface area (Å²) in [5.74, 6) is -0.152. The minimum atomic E-state index is -0.152. The van der Waals surface area contributed by atoms with Crippen molar-refractivity contribution >= 4 is 0 Å². The van der Waals surface area contributed by atoms with Gasteiger partial charge in [0.2, 0.25) is 0 Å². The standard InChI is InChI=1S/C18H22FNO/c1-13-8-9-15(10-18(13)19)14(2)20-11-16-6-4-5-7-17(16)12-21-3/h4-10,14,20H,11-12H2,1-3H3. The predicted octanol–water partition coefficient (Wildman–Crippen LogP) is 4.13. The Hall–Kier alpha value is -1.71. The first kappa shape index (κ1) is 15.7. The van der Waals surface area contributed by atoms with E-state index in [1.807, 2.05) is 31.2 Å². The van der Waals surface area contributed by atoms with E-state index in [9.17, 15) is 4.39 Å². The second-order valence-electron chi connectivity index (χ2n) is 5.31. The molecule has 2 aromatic rings. The van der Waals surface area contributed by atoms with Crippen molar-refractivity contribution in [2.75, 3.05) is 7.11 Å². The maximum absolute atomic E-state index is 13.6. The summed E-state index contributed by atoms with van der Waals surface area (Å²) in [5.41, 5.74) is 4.02. The monoisotopic (exact) mass is 287 g/mol. The molecule has 2 rings (SSSR count). The minimum absolute atomic E-state index is 0.0932. The highest BCUT2D eigenvalue weighted by molar-refractivity contribution is 5.28. The first-order valence-electron chi connectivity index (χ1n) is 7.17. The number of benzene rings is 2. The van der Waals surface area contributed by atoms with Gasteiger partial charge in [-0.1, -0.05) is 36.4 Å². The largest absolute Gasteiger partial charge is 0.380 e. The molecule has 0 heterocycles. The van der Waals surface area contributed by atoms with Crippen LogP contribution in [0.4, 0.5) is 4.39 Å². The number of hydrogen-bond donors (Lipinski definition) is 1. The van der Waals surface area contributed by atoms with Crippen LogP contribution in [0.5, 0.6) is 0 Å². The summed E-state index contributed by atoms with van der Waals surface area (Å²) in [4.78, 5) is 0. The minimum Gasteiger partial charge on any atom is -0.380 e. The lowest BCUT2D eigenvalue weighted by Crippen LogP contribution is -2.19. The molecule has 0 aliphatic rings. The Balaban J connectivity index is 2.03. The van der Waals surface area contributed by atoms with Crippen molar-refractivity contribution in [3.05, 3.63) is 70.5 Å². The van der Waals surface area contributed by atoms with Gasteiger partial charge >= 0.3 is 0 Å². The highest BCUT2D eigenvalue weighted by atomic mass is 19.1. The Kier molecular flexibility index (Phi) is 5.48. The van der Waals surface area contributed by atoms with Gasteiger partial charge in [0.05, 0.1) is 6.61 Å². The molecule has 0 bridgehead atoms. The van der Waals surface area contributed by atoms with Gasteiger partial charge in [0, 0.05) is 19.7 Å². The third kappa shape index (κ3) is 4.13. The SMILES string of the molecule is COCc1ccccc1CNC(C)c1ccc(C)c(F)c1.